The topological polar surface area (TPSA) is 50.1 Å². The molecule has 3 nitrogen and oxygen atoms in total. The van der Waals surface area contributed by atoms with Gasteiger partial charge < -0.3 is 4.74 Å². The van der Waals surface area contributed by atoms with E-state index in [2.05, 4.69) is 6.07 Å². The van der Waals surface area contributed by atoms with E-state index in [9.17, 15) is 4.79 Å². The highest BCUT2D eigenvalue weighted by Gasteiger charge is 2.20. The van der Waals surface area contributed by atoms with Gasteiger partial charge in [0.1, 0.15) is 6.61 Å². The third kappa shape index (κ3) is 1.27. The Hall–Kier alpha value is -1.82. The third-order valence-corrected chi connectivity index (χ3v) is 2.03. The Bertz CT molecular complexity index is 404. The zero-order valence-electron chi connectivity index (χ0n) is 6.91. The van der Waals surface area contributed by atoms with E-state index in [0.29, 0.717) is 18.6 Å². The van der Waals surface area contributed by atoms with Crippen molar-refractivity contribution in [2.24, 2.45) is 0 Å². The van der Waals surface area contributed by atoms with Crippen molar-refractivity contribution in [3.05, 3.63) is 34.9 Å². The van der Waals surface area contributed by atoms with Gasteiger partial charge in [0.05, 0.1) is 18.1 Å². The SMILES string of the molecule is N#CCc1ccc2c(c1)COC2=O. The van der Waals surface area contributed by atoms with Crippen molar-refractivity contribution in [1.82, 2.24) is 0 Å². The first kappa shape index (κ1) is 7.81. The van der Waals surface area contributed by atoms with E-state index in [1.807, 2.05) is 6.07 Å². The first-order valence-electron chi connectivity index (χ1n) is 3.97. The fourth-order valence-electron chi connectivity index (χ4n) is 1.39. The Morgan fingerprint density at radius 3 is 3.15 bits per heavy atom. The molecule has 0 saturated carbocycles. The quantitative estimate of drug-likeness (QED) is 0.603. The molecule has 3 heteroatoms. The molecular formula is C10H7NO2. The van der Waals surface area contributed by atoms with E-state index >= 15 is 0 Å². The minimum Gasteiger partial charge on any atom is -0.457 e. The van der Waals surface area contributed by atoms with Crippen molar-refractivity contribution in [2.45, 2.75) is 13.0 Å². The van der Waals surface area contributed by atoms with Crippen LogP contribution < -0.4 is 0 Å². The van der Waals surface area contributed by atoms with Crippen LogP contribution in [0.15, 0.2) is 18.2 Å². The highest BCUT2D eigenvalue weighted by Crippen LogP contribution is 2.20. The molecule has 2 rings (SSSR count). The molecule has 0 fully saturated rings. The summed E-state index contributed by atoms with van der Waals surface area (Å²) >= 11 is 0. The molecule has 0 aliphatic carbocycles. The lowest BCUT2D eigenvalue weighted by atomic mass is 10.0. The zero-order chi connectivity index (χ0) is 9.26. The normalized spacial score (nSPS) is 13.3. The van der Waals surface area contributed by atoms with Gasteiger partial charge in [-0.15, -0.1) is 0 Å². The number of esters is 1. The van der Waals surface area contributed by atoms with E-state index in [4.69, 9.17) is 10.00 Å². The zero-order valence-corrected chi connectivity index (χ0v) is 6.91. The summed E-state index contributed by atoms with van der Waals surface area (Å²) in [6.45, 7) is 0.341. The van der Waals surface area contributed by atoms with Crippen LogP contribution in [0.5, 0.6) is 0 Å². The van der Waals surface area contributed by atoms with E-state index in [-0.39, 0.29) is 5.97 Å². The van der Waals surface area contributed by atoms with Gasteiger partial charge in [-0.1, -0.05) is 12.1 Å². The van der Waals surface area contributed by atoms with Crippen LogP contribution in [-0.2, 0) is 17.8 Å². The molecule has 0 aromatic heterocycles. The predicted octanol–water partition coefficient (Wildman–Crippen LogP) is 1.42. The largest absolute Gasteiger partial charge is 0.457 e. The monoisotopic (exact) mass is 173 g/mol. The fraction of sp³-hybridized carbons (Fsp3) is 0.200. The van der Waals surface area contributed by atoms with Gasteiger partial charge >= 0.3 is 5.97 Å². The summed E-state index contributed by atoms with van der Waals surface area (Å²) in [5.41, 5.74) is 2.44. The van der Waals surface area contributed by atoms with Crippen LogP contribution in [-0.4, -0.2) is 5.97 Å². The summed E-state index contributed by atoms with van der Waals surface area (Å²) in [4.78, 5) is 11.0. The van der Waals surface area contributed by atoms with Gasteiger partial charge in [0.15, 0.2) is 0 Å². The van der Waals surface area contributed by atoms with Gasteiger partial charge in [-0.2, -0.15) is 5.26 Å². The van der Waals surface area contributed by atoms with E-state index in [1.165, 1.54) is 0 Å². The number of hydrogen-bond acceptors (Lipinski definition) is 3. The molecule has 1 aromatic rings. The number of fused-ring (bicyclic) bond motifs is 1. The summed E-state index contributed by atoms with van der Waals surface area (Å²) in [5.74, 6) is -0.265. The second kappa shape index (κ2) is 2.91. The number of nitrogens with zero attached hydrogens (tertiary/aromatic N) is 1. The number of carbonyl (C=O) groups is 1. The molecule has 1 aliphatic rings. The fourth-order valence-corrected chi connectivity index (χ4v) is 1.39. The van der Waals surface area contributed by atoms with Crippen LogP contribution in [0.2, 0.25) is 0 Å². The van der Waals surface area contributed by atoms with Gasteiger partial charge in [-0.25, -0.2) is 4.79 Å². The number of rotatable bonds is 1. The summed E-state index contributed by atoms with van der Waals surface area (Å²) in [5, 5.41) is 8.47. The standard InChI is InChI=1S/C10H7NO2/c11-4-3-7-1-2-9-8(5-7)6-13-10(9)12/h1-2,5H,3,6H2. The average molecular weight is 173 g/mol. The molecule has 0 spiro atoms. The highest BCUT2D eigenvalue weighted by molar-refractivity contribution is 5.93. The Morgan fingerprint density at radius 1 is 1.54 bits per heavy atom. The Kier molecular flexibility index (Phi) is 1.75. The molecule has 1 aromatic carbocycles. The van der Waals surface area contributed by atoms with Gasteiger partial charge in [-0.3, -0.25) is 0 Å². The van der Waals surface area contributed by atoms with E-state index in [0.717, 1.165) is 11.1 Å². The van der Waals surface area contributed by atoms with Gasteiger partial charge in [0, 0.05) is 5.56 Å². The molecule has 0 amide bonds. The second-order valence-corrected chi connectivity index (χ2v) is 2.90. The van der Waals surface area contributed by atoms with Crippen molar-refractivity contribution < 1.29 is 9.53 Å². The van der Waals surface area contributed by atoms with E-state index < -0.39 is 0 Å². The molecule has 0 saturated heterocycles. The molecule has 13 heavy (non-hydrogen) atoms. The van der Waals surface area contributed by atoms with E-state index in [1.54, 1.807) is 12.1 Å². The number of ether oxygens (including phenoxy) is 1. The van der Waals surface area contributed by atoms with Gasteiger partial charge in [0.25, 0.3) is 0 Å². The van der Waals surface area contributed by atoms with Gasteiger partial charge in [0.2, 0.25) is 0 Å². The molecule has 0 radical (unpaired) electrons. The molecule has 1 aliphatic heterocycles. The lowest BCUT2D eigenvalue weighted by molar-refractivity contribution is 0.0535. The summed E-state index contributed by atoms with van der Waals surface area (Å²) < 4.78 is 4.83. The van der Waals surface area contributed by atoms with Crippen molar-refractivity contribution in [1.29, 1.82) is 5.26 Å². The van der Waals surface area contributed by atoms with Crippen LogP contribution in [0.25, 0.3) is 0 Å². The van der Waals surface area contributed by atoms with Crippen LogP contribution in [0, 0.1) is 11.3 Å². The van der Waals surface area contributed by atoms with Crippen molar-refractivity contribution in [3.8, 4) is 6.07 Å². The van der Waals surface area contributed by atoms with Crippen LogP contribution in [0.4, 0.5) is 0 Å². The molecule has 0 unspecified atom stereocenters. The van der Waals surface area contributed by atoms with Crippen molar-refractivity contribution in [2.75, 3.05) is 0 Å². The number of cyclic esters (lactones) is 1. The Morgan fingerprint density at radius 2 is 2.38 bits per heavy atom. The maximum atomic E-state index is 11.0. The number of benzene rings is 1. The number of hydrogen-bond donors (Lipinski definition) is 0. The molecule has 1 heterocycles. The molecular weight excluding hydrogens is 166 g/mol. The van der Waals surface area contributed by atoms with Gasteiger partial charge in [-0.05, 0) is 11.6 Å². The minimum absolute atomic E-state index is 0.265. The summed E-state index contributed by atoms with van der Waals surface area (Å²) in [7, 11) is 0. The summed E-state index contributed by atoms with van der Waals surface area (Å²) in [6.07, 6.45) is 0.376. The lowest BCUT2D eigenvalue weighted by Crippen LogP contribution is -1.93. The highest BCUT2D eigenvalue weighted by atomic mass is 16.5. The predicted molar refractivity (Wildman–Crippen MR) is 44.9 cm³/mol. The lowest BCUT2D eigenvalue weighted by Gasteiger charge is -1.96. The molecule has 0 atom stereocenters. The summed E-state index contributed by atoms with van der Waals surface area (Å²) in [6, 6.07) is 7.42. The average Bonchev–Trinajstić information content (AvgIpc) is 2.48. The maximum absolute atomic E-state index is 11.0. The van der Waals surface area contributed by atoms with Crippen molar-refractivity contribution in [3.63, 3.8) is 0 Å². The minimum atomic E-state index is -0.265. The first-order valence-corrected chi connectivity index (χ1v) is 3.97. The van der Waals surface area contributed by atoms with Crippen molar-refractivity contribution >= 4 is 5.97 Å². The number of nitriles is 1. The second-order valence-electron chi connectivity index (χ2n) is 2.90. The Balaban J connectivity index is 2.41. The molecule has 64 valence electrons. The van der Waals surface area contributed by atoms with Crippen LogP contribution in [0.3, 0.4) is 0 Å². The van der Waals surface area contributed by atoms with Crippen LogP contribution in [0.1, 0.15) is 21.5 Å². The Labute approximate surface area is 75.6 Å². The smallest absolute Gasteiger partial charge is 0.338 e. The maximum Gasteiger partial charge on any atom is 0.338 e. The molecule has 0 bridgehead atoms. The first-order chi connectivity index (χ1) is 6.31. The molecule has 0 N–H and O–H groups in total. The third-order valence-electron chi connectivity index (χ3n) is 2.03. The number of carbonyl (C=O) groups excluding carboxylic acids is 1. The van der Waals surface area contributed by atoms with Crippen LogP contribution >= 0.6 is 0 Å².